The van der Waals surface area contributed by atoms with Gasteiger partial charge in [0.05, 0.1) is 26.4 Å². The van der Waals surface area contributed by atoms with Crippen LogP contribution in [-0.2, 0) is 65.4 Å². The summed E-state index contributed by atoms with van der Waals surface area (Å²) in [6.07, 6.45) is 49.9. The predicted octanol–water partition coefficient (Wildman–Crippen LogP) is 20.8. The van der Waals surface area contributed by atoms with E-state index in [0.29, 0.717) is 25.7 Å². The topological polar surface area (TPSA) is 237 Å². The number of phosphoric acid groups is 2. The first kappa shape index (κ1) is 89.1. The van der Waals surface area contributed by atoms with Gasteiger partial charge in [-0.1, -0.05) is 318 Å². The Balaban J connectivity index is 5.26. The number of phosphoric ester groups is 2. The van der Waals surface area contributed by atoms with Gasteiger partial charge in [0.1, 0.15) is 19.3 Å². The molecule has 3 N–H and O–H groups in total. The van der Waals surface area contributed by atoms with E-state index in [4.69, 9.17) is 37.0 Å². The third-order valence-corrected chi connectivity index (χ3v) is 18.6. The molecule has 0 radical (unpaired) electrons. The summed E-state index contributed by atoms with van der Waals surface area (Å²) in [4.78, 5) is 72.6. The average molecular weight is 1340 g/mol. The van der Waals surface area contributed by atoms with Gasteiger partial charge in [0.25, 0.3) is 0 Å². The van der Waals surface area contributed by atoms with Gasteiger partial charge in [0.2, 0.25) is 0 Å². The monoisotopic (exact) mass is 1340 g/mol. The molecule has 0 aliphatic rings. The minimum atomic E-state index is -4.95. The Labute approximate surface area is 556 Å². The Morgan fingerprint density at radius 2 is 0.505 bits per heavy atom. The van der Waals surface area contributed by atoms with Crippen LogP contribution in [0.2, 0.25) is 0 Å². The lowest BCUT2D eigenvalue weighted by Crippen LogP contribution is -2.30. The van der Waals surface area contributed by atoms with E-state index in [1.54, 1.807) is 0 Å². The van der Waals surface area contributed by atoms with E-state index < -0.39 is 97.5 Å². The first-order valence-electron chi connectivity index (χ1n) is 37.5. The molecule has 0 amide bonds. The van der Waals surface area contributed by atoms with Crippen molar-refractivity contribution in [2.45, 2.75) is 387 Å². The van der Waals surface area contributed by atoms with Crippen LogP contribution in [-0.4, -0.2) is 96.7 Å². The quantitative estimate of drug-likeness (QED) is 0.0222. The molecule has 19 heteroatoms. The number of esters is 4. The number of rotatable bonds is 71. The molecular formula is C72H140O17P2. The highest BCUT2D eigenvalue weighted by Crippen LogP contribution is 2.45. The van der Waals surface area contributed by atoms with Crippen molar-refractivity contribution in [3.05, 3.63) is 0 Å². The molecule has 0 aromatic rings. The zero-order valence-electron chi connectivity index (χ0n) is 59.1. The summed E-state index contributed by atoms with van der Waals surface area (Å²) in [6, 6.07) is 0. The van der Waals surface area contributed by atoms with Crippen LogP contribution in [0, 0.1) is 11.8 Å². The number of hydrogen-bond donors (Lipinski definition) is 3. The molecule has 0 fully saturated rings. The maximum Gasteiger partial charge on any atom is 0.472 e. The van der Waals surface area contributed by atoms with Crippen molar-refractivity contribution in [1.82, 2.24) is 0 Å². The molecule has 0 aliphatic heterocycles. The van der Waals surface area contributed by atoms with Crippen molar-refractivity contribution in [1.29, 1.82) is 0 Å². The normalized spacial score (nSPS) is 14.1. The van der Waals surface area contributed by atoms with Crippen LogP contribution < -0.4 is 0 Å². The Bertz CT molecular complexity index is 1770. The van der Waals surface area contributed by atoms with Gasteiger partial charge < -0.3 is 33.8 Å². The van der Waals surface area contributed by atoms with Crippen molar-refractivity contribution in [2.75, 3.05) is 39.6 Å². The molecule has 0 aromatic carbocycles. The Hall–Kier alpha value is -1.94. The van der Waals surface area contributed by atoms with Gasteiger partial charge in [0.15, 0.2) is 12.2 Å². The second-order valence-corrected chi connectivity index (χ2v) is 29.8. The van der Waals surface area contributed by atoms with E-state index in [2.05, 4.69) is 41.5 Å². The van der Waals surface area contributed by atoms with Gasteiger partial charge in [-0.25, -0.2) is 9.13 Å². The lowest BCUT2D eigenvalue weighted by molar-refractivity contribution is -0.161. The molecule has 540 valence electrons. The molecule has 0 bridgehead atoms. The van der Waals surface area contributed by atoms with E-state index in [0.717, 1.165) is 102 Å². The molecule has 0 heterocycles. The van der Waals surface area contributed by atoms with Crippen molar-refractivity contribution in [3.63, 3.8) is 0 Å². The van der Waals surface area contributed by atoms with E-state index in [9.17, 15) is 43.2 Å². The number of carbonyl (C=O) groups is 4. The van der Waals surface area contributed by atoms with Gasteiger partial charge in [-0.3, -0.25) is 37.3 Å². The molecule has 17 nitrogen and oxygen atoms in total. The summed E-state index contributed by atoms with van der Waals surface area (Å²) in [5, 5.41) is 10.6. The first-order valence-corrected chi connectivity index (χ1v) is 40.5. The average Bonchev–Trinajstić information content (AvgIpc) is 3.26. The molecule has 0 aromatic heterocycles. The summed E-state index contributed by atoms with van der Waals surface area (Å²) >= 11 is 0. The Morgan fingerprint density at radius 1 is 0.297 bits per heavy atom. The van der Waals surface area contributed by atoms with Crippen LogP contribution in [0.15, 0.2) is 0 Å². The first-order chi connectivity index (χ1) is 43.9. The number of hydrogen-bond acceptors (Lipinski definition) is 15. The molecule has 5 atom stereocenters. The molecule has 0 spiro atoms. The van der Waals surface area contributed by atoms with E-state index in [-0.39, 0.29) is 25.7 Å². The highest BCUT2D eigenvalue weighted by molar-refractivity contribution is 7.47. The number of ether oxygens (including phenoxy) is 4. The number of carbonyl (C=O) groups excluding carboxylic acids is 4. The highest BCUT2D eigenvalue weighted by atomic mass is 31.2. The number of unbranched alkanes of at least 4 members (excludes halogenated alkanes) is 41. The van der Waals surface area contributed by atoms with E-state index in [1.807, 2.05) is 0 Å². The Kier molecular flexibility index (Phi) is 62.7. The molecule has 0 saturated heterocycles. The molecule has 0 saturated carbocycles. The molecule has 2 unspecified atom stereocenters. The van der Waals surface area contributed by atoms with Gasteiger partial charge in [-0.2, -0.15) is 0 Å². The summed E-state index contributed by atoms with van der Waals surface area (Å²) in [5.74, 6) is -0.657. The van der Waals surface area contributed by atoms with Crippen molar-refractivity contribution in [2.24, 2.45) is 11.8 Å². The molecule has 91 heavy (non-hydrogen) atoms. The van der Waals surface area contributed by atoms with E-state index >= 15 is 0 Å². The lowest BCUT2D eigenvalue weighted by atomic mass is 10.0. The van der Waals surface area contributed by atoms with Crippen LogP contribution in [0.4, 0.5) is 0 Å². The van der Waals surface area contributed by atoms with Gasteiger partial charge in [-0.05, 0) is 37.5 Å². The van der Waals surface area contributed by atoms with Crippen molar-refractivity contribution < 1.29 is 80.2 Å². The zero-order valence-corrected chi connectivity index (χ0v) is 60.9. The van der Waals surface area contributed by atoms with Crippen LogP contribution in [0.5, 0.6) is 0 Å². The zero-order chi connectivity index (χ0) is 67.2. The highest BCUT2D eigenvalue weighted by Gasteiger charge is 2.30. The second-order valence-electron chi connectivity index (χ2n) is 26.9. The standard InChI is InChI=1S/C72H140O17P2/c1-7-9-11-13-15-17-19-21-22-24-26-30-38-44-50-56-71(76)88-67(60-82-69(74)54-48-42-36-29-25-23-20-18-16-14-12-10-8-2)62-86-90(78,79)84-58-66(73)59-85-91(80,81)87-63-68(61-83-70(75)55-49-43-37-33-32-35-41-47-53-65(5)6)89-72(77)57-51-45-39-31-27-28-34-40-46-52-64(3)4/h64-68,73H,7-63H2,1-6H3,(H,78,79)(H,80,81)/t66-,67-,68-/m1/s1. The van der Waals surface area contributed by atoms with Crippen LogP contribution >= 0.6 is 15.6 Å². The fourth-order valence-corrected chi connectivity index (χ4v) is 12.5. The summed E-state index contributed by atoms with van der Waals surface area (Å²) < 4.78 is 68.4. The maximum absolute atomic E-state index is 13.0. The van der Waals surface area contributed by atoms with Crippen molar-refractivity contribution >= 4 is 39.5 Å². The van der Waals surface area contributed by atoms with Crippen LogP contribution in [0.3, 0.4) is 0 Å². The predicted molar refractivity (Wildman–Crippen MR) is 368 cm³/mol. The smallest absolute Gasteiger partial charge is 0.462 e. The maximum atomic E-state index is 13.0. The van der Waals surface area contributed by atoms with Crippen molar-refractivity contribution in [3.8, 4) is 0 Å². The SMILES string of the molecule is CCCCCCCCCCCCCCCCCC(=O)O[C@H](COC(=O)CCCCCCCCCCCCCCC)COP(=O)(O)OC[C@@H](O)COP(=O)(O)OC[C@@H](COC(=O)CCCCCCCCCCC(C)C)OC(=O)CCCCCCCCCCCC(C)C. The number of aliphatic hydroxyl groups is 1. The third kappa shape index (κ3) is 66.5. The molecule has 0 rings (SSSR count). The molecule has 0 aliphatic carbocycles. The molecular weight excluding hydrogens is 1200 g/mol. The fourth-order valence-electron chi connectivity index (χ4n) is 10.9. The van der Waals surface area contributed by atoms with Crippen LogP contribution in [0.1, 0.15) is 369 Å². The minimum Gasteiger partial charge on any atom is -0.462 e. The van der Waals surface area contributed by atoms with E-state index in [1.165, 1.54) is 186 Å². The lowest BCUT2D eigenvalue weighted by Gasteiger charge is -2.21. The largest absolute Gasteiger partial charge is 0.472 e. The minimum absolute atomic E-state index is 0.105. The Morgan fingerprint density at radius 3 is 0.747 bits per heavy atom. The van der Waals surface area contributed by atoms with Gasteiger partial charge in [0, 0.05) is 25.7 Å². The third-order valence-electron chi connectivity index (χ3n) is 16.7. The number of aliphatic hydroxyl groups excluding tert-OH is 1. The van der Waals surface area contributed by atoms with Gasteiger partial charge in [-0.15, -0.1) is 0 Å². The fraction of sp³-hybridized carbons (Fsp3) is 0.944. The summed E-state index contributed by atoms with van der Waals surface area (Å²) in [7, 11) is -9.90. The van der Waals surface area contributed by atoms with Crippen LogP contribution in [0.25, 0.3) is 0 Å². The summed E-state index contributed by atoms with van der Waals surface area (Å²) in [5.41, 5.74) is 0. The van der Waals surface area contributed by atoms with Gasteiger partial charge >= 0.3 is 39.5 Å². The second kappa shape index (κ2) is 64.1. The summed E-state index contributed by atoms with van der Waals surface area (Å²) in [6.45, 7) is 9.51.